The highest BCUT2D eigenvalue weighted by atomic mass is 16.5. The van der Waals surface area contributed by atoms with E-state index >= 15 is 0 Å². The van der Waals surface area contributed by atoms with Gasteiger partial charge in [0, 0.05) is 24.2 Å². The molecular formula is C17H17NO5. The van der Waals surface area contributed by atoms with Crippen LogP contribution in [0.2, 0.25) is 0 Å². The zero-order chi connectivity index (χ0) is 16.6. The lowest BCUT2D eigenvalue weighted by Gasteiger charge is -2.25. The highest BCUT2D eigenvalue weighted by molar-refractivity contribution is 6.07. The zero-order valence-electron chi connectivity index (χ0n) is 12.8. The molecule has 0 aliphatic carbocycles. The van der Waals surface area contributed by atoms with Gasteiger partial charge in [0.1, 0.15) is 6.61 Å². The number of fused-ring (bicyclic) bond motifs is 1. The van der Waals surface area contributed by atoms with Crippen molar-refractivity contribution in [1.82, 2.24) is 4.90 Å². The van der Waals surface area contributed by atoms with E-state index in [4.69, 9.17) is 9.84 Å². The van der Waals surface area contributed by atoms with Gasteiger partial charge in [0.15, 0.2) is 5.78 Å². The Morgan fingerprint density at radius 1 is 1.26 bits per heavy atom. The second-order valence-corrected chi connectivity index (χ2v) is 5.78. The Hall–Kier alpha value is -2.63. The smallest absolute Gasteiger partial charge is 0.407 e. The minimum atomic E-state index is -0.922. The van der Waals surface area contributed by atoms with Crippen molar-refractivity contribution in [2.24, 2.45) is 0 Å². The summed E-state index contributed by atoms with van der Waals surface area (Å²) < 4.78 is 5.00. The summed E-state index contributed by atoms with van der Waals surface area (Å²) in [5.74, 6) is -0.454. The van der Waals surface area contributed by atoms with E-state index < -0.39 is 6.09 Å². The number of hydrogen-bond acceptors (Lipinski definition) is 4. The van der Waals surface area contributed by atoms with Crippen LogP contribution in [0.5, 0.6) is 0 Å². The van der Waals surface area contributed by atoms with Crippen molar-refractivity contribution in [1.29, 1.82) is 0 Å². The number of cyclic esters (lactones) is 1. The second kappa shape index (κ2) is 5.87. The summed E-state index contributed by atoms with van der Waals surface area (Å²) in [6.45, 7) is 2.87. The third-order valence-electron chi connectivity index (χ3n) is 4.44. The van der Waals surface area contributed by atoms with E-state index in [0.29, 0.717) is 37.1 Å². The van der Waals surface area contributed by atoms with Crippen LogP contribution in [-0.2, 0) is 11.3 Å². The van der Waals surface area contributed by atoms with Crippen LogP contribution in [0.1, 0.15) is 44.7 Å². The number of piperidine rings is 1. The SMILES string of the molecule is Cc1c(C(=O)C=C2CCN(C(=O)O)CC2)ccc2c1COC2=O. The predicted molar refractivity (Wildman–Crippen MR) is 81.5 cm³/mol. The molecule has 0 bridgehead atoms. The molecule has 1 saturated heterocycles. The molecule has 0 spiro atoms. The summed E-state index contributed by atoms with van der Waals surface area (Å²) in [7, 11) is 0. The summed E-state index contributed by atoms with van der Waals surface area (Å²) >= 11 is 0. The topological polar surface area (TPSA) is 83.9 Å². The number of ketones is 1. The van der Waals surface area contributed by atoms with Crippen molar-refractivity contribution in [3.8, 4) is 0 Å². The molecule has 2 aliphatic rings. The molecule has 6 nitrogen and oxygen atoms in total. The fourth-order valence-electron chi connectivity index (χ4n) is 3.01. The lowest BCUT2D eigenvalue weighted by atomic mass is 9.94. The van der Waals surface area contributed by atoms with E-state index in [9.17, 15) is 14.4 Å². The number of rotatable bonds is 2. The number of nitrogens with zero attached hydrogens (tertiary/aromatic N) is 1. The fourth-order valence-corrected chi connectivity index (χ4v) is 3.01. The first-order chi connectivity index (χ1) is 11.0. The van der Waals surface area contributed by atoms with Crippen LogP contribution in [0.15, 0.2) is 23.8 Å². The van der Waals surface area contributed by atoms with E-state index in [1.54, 1.807) is 18.2 Å². The summed E-state index contributed by atoms with van der Waals surface area (Å²) in [5, 5.41) is 8.93. The van der Waals surface area contributed by atoms with Crippen molar-refractivity contribution in [2.45, 2.75) is 26.4 Å². The van der Waals surface area contributed by atoms with Crippen LogP contribution in [0.4, 0.5) is 4.79 Å². The van der Waals surface area contributed by atoms with Crippen molar-refractivity contribution in [3.05, 3.63) is 46.0 Å². The number of benzene rings is 1. The summed E-state index contributed by atoms with van der Waals surface area (Å²) in [5.41, 5.74) is 3.61. The molecule has 1 aromatic carbocycles. The number of hydrogen-bond donors (Lipinski definition) is 1. The van der Waals surface area contributed by atoms with Crippen LogP contribution >= 0.6 is 0 Å². The van der Waals surface area contributed by atoms with Gasteiger partial charge < -0.3 is 14.7 Å². The third-order valence-corrected chi connectivity index (χ3v) is 4.44. The normalized spacial score (nSPS) is 16.8. The average Bonchev–Trinajstić information content (AvgIpc) is 2.90. The Balaban J connectivity index is 1.79. The minimum Gasteiger partial charge on any atom is -0.465 e. The van der Waals surface area contributed by atoms with Crippen LogP contribution in [-0.4, -0.2) is 40.9 Å². The first kappa shape index (κ1) is 15.3. The number of allylic oxidation sites excluding steroid dienone is 1. The number of ether oxygens (including phenoxy) is 1. The van der Waals surface area contributed by atoms with E-state index in [0.717, 1.165) is 16.7 Å². The molecule has 0 aromatic heterocycles. The maximum absolute atomic E-state index is 12.5. The Morgan fingerprint density at radius 3 is 2.61 bits per heavy atom. The molecule has 1 N–H and O–H groups in total. The largest absolute Gasteiger partial charge is 0.465 e. The fraction of sp³-hybridized carbons (Fsp3) is 0.353. The predicted octanol–water partition coefficient (Wildman–Crippen LogP) is 2.55. The van der Waals surface area contributed by atoms with Gasteiger partial charge in [0.2, 0.25) is 0 Å². The highest BCUT2D eigenvalue weighted by Gasteiger charge is 2.25. The van der Waals surface area contributed by atoms with Crippen LogP contribution in [0, 0.1) is 6.92 Å². The Bertz CT molecular complexity index is 725. The highest BCUT2D eigenvalue weighted by Crippen LogP contribution is 2.27. The maximum Gasteiger partial charge on any atom is 0.407 e. The van der Waals surface area contributed by atoms with Crippen molar-refractivity contribution < 1.29 is 24.2 Å². The van der Waals surface area contributed by atoms with E-state index in [2.05, 4.69) is 0 Å². The molecule has 0 radical (unpaired) electrons. The van der Waals surface area contributed by atoms with Gasteiger partial charge in [-0.25, -0.2) is 9.59 Å². The number of amides is 1. The average molecular weight is 315 g/mol. The monoisotopic (exact) mass is 315 g/mol. The Kier molecular flexibility index (Phi) is 3.90. The Morgan fingerprint density at radius 2 is 1.96 bits per heavy atom. The third kappa shape index (κ3) is 2.84. The van der Waals surface area contributed by atoms with Gasteiger partial charge in [-0.3, -0.25) is 4.79 Å². The summed E-state index contributed by atoms with van der Waals surface area (Å²) in [6.07, 6.45) is 1.83. The van der Waals surface area contributed by atoms with Crippen molar-refractivity contribution in [3.63, 3.8) is 0 Å². The first-order valence-corrected chi connectivity index (χ1v) is 7.48. The van der Waals surface area contributed by atoms with Crippen molar-refractivity contribution >= 4 is 17.8 Å². The van der Waals surface area contributed by atoms with E-state index in [1.165, 1.54) is 4.90 Å². The van der Waals surface area contributed by atoms with Gasteiger partial charge in [-0.05, 0) is 43.5 Å². The van der Waals surface area contributed by atoms with Gasteiger partial charge in [0.05, 0.1) is 5.56 Å². The molecule has 1 aromatic rings. The van der Waals surface area contributed by atoms with Crippen LogP contribution < -0.4 is 0 Å². The molecule has 120 valence electrons. The second-order valence-electron chi connectivity index (χ2n) is 5.78. The van der Waals surface area contributed by atoms with Gasteiger partial charge >= 0.3 is 12.1 Å². The minimum absolute atomic E-state index is 0.108. The van der Waals surface area contributed by atoms with Crippen molar-refractivity contribution in [2.75, 3.05) is 13.1 Å². The molecule has 3 rings (SSSR count). The Labute approximate surface area is 133 Å². The maximum atomic E-state index is 12.5. The van der Waals surface area contributed by atoms with Crippen LogP contribution in [0.25, 0.3) is 0 Å². The molecule has 1 amide bonds. The van der Waals surface area contributed by atoms with Gasteiger partial charge in [-0.15, -0.1) is 0 Å². The molecule has 23 heavy (non-hydrogen) atoms. The first-order valence-electron chi connectivity index (χ1n) is 7.48. The number of likely N-dealkylation sites (tertiary alicyclic amines) is 1. The van der Waals surface area contributed by atoms with E-state index in [1.807, 2.05) is 6.92 Å². The molecule has 2 heterocycles. The number of esters is 1. The quantitative estimate of drug-likeness (QED) is 0.515. The molecule has 0 unspecified atom stereocenters. The molecule has 6 heteroatoms. The van der Waals surface area contributed by atoms with Gasteiger partial charge in [-0.2, -0.15) is 0 Å². The van der Waals surface area contributed by atoms with Gasteiger partial charge in [0.25, 0.3) is 0 Å². The standard InChI is InChI=1S/C17H17NO5/c1-10-12(2-3-13-14(10)9-23-16(13)20)15(19)8-11-4-6-18(7-5-11)17(21)22/h2-3,8H,4-7,9H2,1H3,(H,21,22). The van der Waals surface area contributed by atoms with E-state index in [-0.39, 0.29) is 18.4 Å². The lowest BCUT2D eigenvalue weighted by Crippen LogP contribution is -2.35. The molecule has 1 fully saturated rings. The number of carbonyl (C=O) groups excluding carboxylic acids is 2. The molecule has 2 aliphatic heterocycles. The number of carbonyl (C=O) groups is 3. The summed E-state index contributed by atoms with van der Waals surface area (Å²) in [4.78, 5) is 36.3. The number of carboxylic acid groups (broad SMARTS) is 1. The molecular weight excluding hydrogens is 298 g/mol. The zero-order valence-corrected chi connectivity index (χ0v) is 12.8. The van der Waals surface area contributed by atoms with Gasteiger partial charge in [-0.1, -0.05) is 5.57 Å². The molecule has 0 atom stereocenters. The summed E-state index contributed by atoms with van der Waals surface area (Å²) in [6, 6.07) is 3.29. The lowest BCUT2D eigenvalue weighted by molar-refractivity contribution is 0.0534. The molecule has 0 saturated carbocycles. The van der Waals surface area contributed by atoms with Crippen LogP contribution in [0.3, 0.4) is 0 Å².